The molecule has 1 fully saturated rings. The van der Waals surface area contributed by atoms with E-state index in [-0.39, 0.29) is 12.3 Å². The van der Waals surface area contributed by atoms with E-state index in [4.69, 9.17) is 23.2 Å². The highest BCUT2D eigenvalue weighted by atomic mass is 35.5. The average Bonchev–Trinajstić information content (AvgIpc) is 3.07. The van der Waals surface area contributed by atoms with E-state index < -0.39 is 12.1 Å². The molecule has 1 amide bonds. The third-order valence-corrected chi connectivity index (χ3v) is 5.36. The van der Waals surface area contributed by atoms with Gasteiger partial charge in [-0.3, -0.25) is 4.79 Å². The molecule has 27 heavy (non-hydrogen) atoms. The summed E-state index contributed by atoms with van der Waals surface area (Å²) in [7, 11) is 0. The molecule has 1 saturated carbocycles. The van der Waals surface area contributed by atoms with Gasteiger partial charge >= 0.3 is 0 Å². The molecule has 0 spiro atoms. The SMILES string of the molecule is O=C(Nc1cc2cc(-c3cnc4[nH]cc(Cl)c4c3Cl)ccn2n1)[C@@H]1C[C@@H]1F. The summed E-state index contributed by atoms with van der Waals surface area (Å²) in [6.07, 6.45) is 4.31. The number of amides is 1. The Hall–Kier alpha value is -2.64. The van der Waals surface area contributed by atoms with Crippen molar-refractivity contribution in [2.24, 2.45) is 5.92 Å². The van der Waals surface area contributed by atoms with Gasteiger partial charge in [0.05, 0.1) is 26.9 Å². The number of H-pyrrole nitrogens is 1. The first kappa shape index (κ1) is 16.5. The molecule has 2 atom stereocenters. The number of carbonyl (C=O) groups is 1. The van der Waals surface area contributed by atoms with Crippen LogP contribution in [-0.4, -0.2) is 31.7 Å². The van der Waals surface area contributed by atoms with Crippen molar-refractivity contribution in [3.05, 3.63) is 46.8 Å². The molecule has 136 valence electrons. The zero-order valence-corrected chi connectivity index (χ0v) is 15.2. The lowest BCUT2D eigenvalue weighted by Crippen LogP contribution is -2.15. The summed E-state index contributed by atoms with van der Waals surface area (Å²) in [6.45, 7) is 0. The smallest absolute Gasteiger partial charge is 0.231 e. The van der Waals surface area contributed by atoms with Crippen LogP contribution in [0, 0.1) is 5.92 Å². The van der Waals surface area contributed by atoms with E-state index in [1.807, 2.05) is 12.1 Å². The molecule has 4 aromatic rings. The first-order chi connectivity index (χ1) is 13.0. The summed E-state index contributed by atoms with van der Waals surface area (Å²) >= 11 is 12.7. The van der Waals surface area contributed by atoms with Gasteiger partial charge in [-0.1, -0.05) is 23.2 Å². The van der Waals surface area contributed by atoms with E-state index in [1.54, 1.807) is 29.2 Å². The number of halogens is 3. The molecule has 9 heteroatoms. The Balaban J connectivity index is 1.52. The summed E-state index contributed by atoms with van der Waals surface area (Å²) in [4.78, 5) is 19.2. The number of aromatic nitrogens is 4. The van der Waals surface area contributed by atoms with Crippen molar-refractivity contribution in [2.45, 2.75) is 12.6 Å². The number of nitrogens with one attached hydrogen (secondary N) is 2. The molecular weight excluding hydrogens is 392 g/mol. The number of alkyl halides is 1. The Morgan fingerprint density at radius 3 is 2.96 bits per heavy atom. The number of hydrogen-bond acceptors (Lipinski definition) is 3. The fraction of sp³-hybridized carbons (Fsp3) is 0.167. The molecule has 1 aliphatic carbocycles. The highest BCUT2D eigenvalue weighted by Crippen LogP contribution is 2.37. The molecule has 0 bridgehead atoms. The second-order valence-electron chi connectivity index (χ2n) is 6.51. The van der Waals surface area contributed by atoms with Crippen LogP contribution in [0.5, 0.6) is 0 Å². The minimum absolute atomic E-state index is 0.277. The van der Waals surface area contributed by atoms with Gasteiger partial charge < -0.3 is 10.3 Å². The first-order valence-corrected chi connectivity index (χ1v) is 9.02. The monoisotopic (exact) mass is 403 g/mol. The Morgan fingerprint density at radius 1 is 1.37 bits per heavy atom. The van der Waals surface area contributed by atoms with Crippen LogP contribution in [0.3, 0.4) is 0 Å². The number of fused-ring (bicyclic) bond motifs is 2. The van der Waals surface area contributed by atoms with Gasteiger partial charge in [0.1, 0.15) is 11.8 Å². The van der Waals surface area contributed by atoms with Crippen molar-refractivity contribution >= 4 is 51.5 Å². The lowest BCUT2D eigenvalue weighted by Gasteiger charge is -2.06. The number of hydrogen-bond donors (Lipinski definition) is 2. The van der Waals surface area contributed by atoms with Gasteiger partial charge in [0.2, 0.25) is 5.91 Å². The summed E-state index contributed by atoms with van der Waals surface area (Å²) in [6, 6.07) is 5.45. The van der Waals surface area contributed by atoms with E-state index in [0.29, 0.717) is 26.9 Å². The van der Waals surface area contributed by atoms with Gasteiger partial charge in [-0.25, -0.2) is 13.9 Å². The summed E-state index contributed by atoms with van der Waals surface area (Å²) in [5.74, 6) is -0.524. The predicted octanol–water partition coefficient (Wildman–Crippen LogP) is 4.48. The average molecular weight is 404 g/mol. The number of rotatable bonds is 3. The van der Waals surface area contributed by atoms with Crippen LogP contribution < -0.4 is 5.32 Å². The van der Waals surface area contributed by atoms with Gasteiger partial charge in [-0.05, 0) is 24.1 Å². The maximum absolute atomic E-state index is 13.0. The summed E-state index contributed by atoms with van der Waals surface area (Å²) in [5, 5.41) is 8.62. The second-order valence-corrected chi connectivity index (χ2v) is 7.29. The van der Waals surface area contributed by atoms with Gasteiger partial charge in [0.25, 0.3) is 0 Å². The molecule has 0 unspecified atom stereocenters. The lowest BCUT2D eigenvalue weighted by molar-refractivity contribution is -0.117. The molecule has 2 N–H and O–H groups in total. The maximum Gasteiger partial charge on any atom is 0.231 e. The highest BCUT2D eigenvalue weighted by molar-refractivity contribution is 6.43. The van der Waals surface area contributed by atoms with E-state index in [9.17, 15) is 9.18 Å². The standard InChI is InChI=1S/C18H12Cl2FN5O/c19-12-7-23-17-15(12)16(20)11(6-22-17)8-1-2-26-9(3-8)4-14(25-26)24-18(27)10-5-13(10)21/h1-4,6-7,10,13H,5H2,(H,22,23)(H,24,25,27)/t10-,13+/m1/s1. The zero-order chi connectivity index (χ0) is 18.7. The zero-order valence-electron chi connectivity index (χ0n) is 13.7. The van der Waals surface area contributed by atoms with E-state index in [2.05, 4.69) is 20.4 Å². The second kappa shape index (κ2) is 5.94. The van der Waals surface area contributed by atoms with E-state index in [0.717, 1.165) is 16.6 Å². The third-order valence-electron chi connectivity index (χ3n) is 4.66. The van der Waals surface area contributed by atoms with Gasteiger partial charge in [0.15, 0.2) is 5.82 Å². The van der Waals surface area contributed by atoms with Crippen LogP contribution in [0.4, 0.5) is 10.2 Å². The molecule has 0 aliphatic heterocycles. The van der Waals surface area contributed by atoms with Crippen LogP contribution >= 0.6 is 23.2 Å². The number of nitrogens with zero attached hydrogens (tertiary/aromatic N) is 3. The van der Waals surface area contributed by atoms with Crippen LogP contribution in [0.2, 0.25) is 10.0 Å². The summed E-state index contributed by atoms with van der Waals surface area (Å²) < 4.78 is 14.6. The summed E-state index contributed by atoms with van der Waals surface area (Å²) in [5.41, 5.74) is 2.95. The Labute approximate surface area is 162 Å². The number of carbonyl (C=O) groups excluding carboxylic acids is 1. The first-order valence-electron chi connectivity index (χ1n) is 8.27. The molecule has 0 radical (unpaired) electrons. The van der Waals surface area contributed by atoms with E-state index >= 15 is 0 Å². The van der Waals surface area contributed by atoms with Crippen molar-refractivity contribution in [3.63, 3.8) is 0 Å². The van der Waals surface area contributed by atoms with Crippen LogP contribution in [0.1, 0.15) is 6.42 Å². The quantitative estimate of drug-likeness (QED) is 0.529. The normalized spacial score (nSPS) is 18.9. The third kappa shape index (κ3) is 2.74. The fourth-order valence-electron chi connectivity index (χ4n) is 3.10. The lowest BCUT2D eigenvalue weighted by atomic mass is 10.1. The molecule has 4 aromatic heterocycles. The molecule has 1 aliphatic rings. The largest absolute Gasteiger partial charge is 0.345 e. The molecule has 0 aromatic carbocycles. The van der Waals surface area contributed by atoms with Crippen molar-refractivity contribution in [3.8, 4) is 11.1 Å². The number of pyridine rings is 2. The molecule has 5 rings (SSSR count). The van der Waals surface area contributed by atoms with Crippen molar-refractivity contribution in [2.75, 3.05) is 5.32 Å². The van der Waals surface area contributed by atoms with Crippen molar-refractivity contribution in [1.29, 1.82) is 0 Å². The predicted molar refractivity (Wildman–Crippen MR) is 102 cm³/mol. The van der Waals surface area contributed by atoms with Crippen LogP contribution in [-0.2, 0) is 4.79 Å². The Bertz CT molecular complexity index is 1220. The highest BCUT2D eigenvalue weighted by Gasteiger charge is 2.43. The van der Waals surface area contributed by atoms with Crippen molar-refractivity contribution < 1.29 is 9.18 Å². The number of aromatic amines is 1. The molecule has 6 nitrogen and oxygen atoms in total. The molecule has 4 heterocycles. The molecular formula is C18H12Cl2FN5O. The van der Waals surface area contributed by atoms with Gasteiger partial charge in [-0.15, -0.1) is 0 Å². The van der Waals surface area contributed by atoms with Crippen molar-refractivity contribution in [1.82, 2.24) is 19.6 Å². The fourth-order valence-corrected chi connectivity index (χ4v) is 3.73. The number of anilines is 1. The van der Waals surface area contributed by atoms with Gasteiger partial charge in [-0.2, -0.15) is 5.10 Å². The minimum atomic E-state index is -1.04. The topological polar surface area (TPSA) is 75.1 Å². The van der Waals surface area contributed by atoms with Crippen LogP contribution in [0.15, 0.2) is 36.8 Å². The molecule has 0 saturated heterocycles. The van der Waals surface area contributed by atoms with Gasteiger partial charge in [0, 0.05) is 30.2 Å². The maximum atomic E-state index is 13.0. The van der Waals surface area contributed by atoms with Crippen LogP contribution in [0.25, 0.3) is 27.7 Å². The Morgan fingerprint density at radius 2 is 2.19 bits per heavy atom. The van der Waals surface area contributed by atoms with E-state index in [1.165, 1.54) is 0 Å². The minimum Gasteiger partial charge on any atom is -0.345 e. The Kier molecular flexibility index (Phi) is 3.63.